The molecule has 0 radical (unpaired) electrons. The van der Waals surface area contributed by atoms with Crippen LogP contribution in [0.4, 0.5) is 0 Å². The van der Waals surface area contributed by atoms with Gasteiger partial charge in [-0.1, -0.05) is 30.7 Å². The van der Waals surface area contributed by atoms with E-state index in [2.05, 4.69) is 0 Å². The quantitative estimate of drug-likeness (QED) is 0.501. The summed E-state index contributed by atoms with van der Waals surface area (Å²) in [6.07, 6.45) is 6.15. The molecule has 4 heteroatoms. The maximum Gasteiger partial charge on any atom is 0.455 e. The zero-order chi connectivity index (χ0) is 8.69. The molecular weight excluding hydrogens is 162 g/mol. The van der Waals surface area contributed by atoms with Crippen LogP contribution in [-0.4, -0.2) is 17.2 Å². The van der Waals surface area contributed by atoms with E-state index in [-0.39, 0.29) is 6.32 Å². The SMILES string of the molecule is CCC(Cl)=CC=CCB(O)O. The molecule has 0 saturated heterocycles. The van der Waals surface area contributed by atoms with E-state index in [1.54, 1.807) is 18.2 Å². The fraction of sp³-hybridized carbons (Fsp3) is 0.429. The van der Waals surface area contributed by atoms with Crippen molar-refractivity contribution >= 4 is 18.7 Å². The highest BCUT2D eigenvalue weighted by atomic mass is 35.5. The molecule has 0 fully saturated rings. The second kappa shape index (κ2) is 6.46. The lowest BCUT2D eigenvalue weighted by atomic mass is 9.86. The highest BCUT2D eigenvalue weighted by Crippen LogP contribution is 2.05. The van der Waals surface area contributed by atoms with Gasteiger partial charge in [-0.3, -0.25) is 0 Å². The summed E-state index contributed by atoms with van der Waals surface area (Å²) in [6, 6.07) is 0. The van der Waals surface area contributed by atoms with Crippen LogP contribution in [0, 0.1) is 0 Å². The molecule has 0 aromatic heterocycles. The van der Waals surface area contributed by atoms with E-state index in [0.29, 0.717) is 0 Å². The Bertz CT molecular complexity index is 155. The smallest absolute Gasteiger partial charge is 0.427 e. The second-order valence-corrected chi connectivity index (χ2v) is 2.60. The second-order valence-electron chi connectivity index (χ2n) is 2.11. The van der Waals surface area contributed by atoms with Gasteiger partial charge in [-0.15, -0.1) is 0 Å². The first-order valence-corrected chi connectivity index (χ1v) is 3.92. The van der Waals surface area contributed by atoms with E-state index in [4.69, 9.17) is 21.6 Å². The first-order chi connectivity index (χ1) is 5.16. The monoisotopic (exact) mass is 174 g/mol. The highest BCUT2D eigenvalue weighted by molar-refractivity contribution is 6.41. The topological polar surface area (TPSA) is 40.5 Å². The number of allylic oxidation sites excluding steroid dienone is 4. The molecule has 0 saturated carbocycles. The molecule has 2 N–H and O–H groups in total. The van der Waals surface area contributed by atoms with E-state index in [9.17, 15) is 0 Å². The van der Waals surface area contributed by atoms with Crippen molar-refractivity contribution in [3.05, 3.63) is 23.3 Å². The van der Waals surface area contributed by atoms with Crippen LogP contribution in [0.3, 0.4) is 0 Å². The summed E-state index contributed by atoms with van der Waals surface area (Å²) in [5, 5.41) is 17.6. The molecule has 11 heavy (non-hydrogen) atoms. The van der Waals surface area contributed by atoms with Crippen molar-refractivity contribution in [1.29, 1.82) is 0 Å². The van der Waals surface area contributed by atoms with Gasteiger partial charge in [0.1, 0.15) is 0 Å². The van der Waals surface area contributed by atoms with Gasteiger partial charge in [0.25, 0.3) is 0 Å². The van der Waals surface area contributed by atoms with Crippen LogP contribution in [0.15, 0.2) is 23.3 Å². The molecule has 0 rings (SSSR count). The van der Waals surface area contributed by atoms with Crippen molar-refractivity contribution in [3.63, 3.8) is 0 Å². The summed E-state index contributed by atoms with van der Waals surface area (Å²) < 4.78 is 0. The predicted molar refractivity (Wildman–Crippen MR) is 48.4 cm³/mol. The molecule has 0 unspecified atom stereocenters. The van der Waals surface area contributed by atoms with Crippen LogP contribution in [0.25, 0.3) is 0 Å². The fourth-order valence-electron chi connectivity index (χ4n) is 0.491. The zero-order valence-corrected chi connectivity index (χ0v) is 7.25. The van der Waals surface area contributed by atoms with Crippen LogP contribution in [0.2, 0.25) is 6.32 Å². The molecule has 0 aromatic carbocycles. The Morgan fingerprint density at radius 2 is 2.18 bits per heavy atom. The van der Waals surface area contributed by atoms with Crippen molar-refractivity contribution < 1.29 is 10.0 Å². The zero-order valence-electron chi connectivity index (χ0n) is 6.50. The summed E-state index contributed by atoms with van der Waals surface area (Å²) >= 11 is 5.67. The third-order valence-corrected chi connectivity index (χ3v) is 1.49. The first kappa shape index (κ1) is 10.8. The van der Waals surface area contributed by atoms with Gasteiger partial charge >= 0.3 is 7.12 Å². The molecule has 0 atom stereocenters. The van der Waals surface area contributed by atoms with Crippen molar-refractivity contribution in [1.82, 2.24) is 0 Å². The molecule has 0 bridgehead atoms. The van der Waals surface area contributed by atoms with Crippen LogP contribution >= 0.6 is 11.6 Å². The van der Waals surface area contributed by atoms with Crippen molar-refractivity contribution in [2.24, 2.45) is 0 Å². The minimum Gasteiger partial charge on any atom is -0.427 e. The van der Waals surface area contributed by atoms with Crippen LogP contribution in [0.5, 0.6) is 0 Å². The van der Waals surface area contributed by atoms with Gasteiger partial charge in [0, 0.05) is 11.4 Å². The first-order valence-electron chi connectivity index (χ1n) is 3.54. The Hall–Kier alpha value is -0.245. The van der Waals surface area contributed by atoms with Crippen molar-refractivity contribution in [2.45, 2.75) is 19.7 Å². The van der Waals surface area contributed by atoms with E-state index in [1.807, 2.05) is 6.92 Å². The summed E-state index contributed by atoms with van der Waals surface area (Å²) in [5.41, 5.74) is 0. The third-order valence-electron chi connectivity index (χ3n) is 1.10. The van der Waals surface area contributed by atoms with Gasteiger partial charge < -0.3 is 10.0 Å². The standard InChI is InChI=1S/C7H12BClO2/c1-2-7(9)5-3-4-6-8(10)11/h3-5,10-11H,2,6H2,1H3. The largest absolute Gasteiger partial charge is 0.455 e. The summed E-state index contributed by atoms with van der Waals surface area (Å²) in [7, 11) is -1.26. The number of hydrogen-bond donors (Lipinski definition) is 2. The fourth-order valence-corrected chi connectivity index (χ4v) is 0.563. The number of halogens is 1. The molecule has 0 aliphatic carbocycles. The number of rotatable bonds is 4. The Morgan fingerprint density at radius 3 is 2.64 bits per heavy atom. The molecule has 0 amide bonds. The highest BCUT2D eigenvalue weighted by Gasteiger charge is 2.00. The van der Waals surface area contributed by atoms with Gasteiger partial charge in [-0.05, 0) is 12.5 Å². The van der Waals surface area contributed by atoms with Crippen molar-refractivity contribution in [2.75, 3.05) is 0 Å². The molecule has 0 aliphatic heterocycles. The Morgan fingerprint density at radius 1 is 1.55 bits per heavy atom. The minimum absolute atomic E-state index is 0.240. The van der Waals surface area contributed by atoms with Gasteiger partial charge in [-0.2, -0.15) is 0 Å². The maximum absolute atomic E-state index is 8.43. The molecule has 0 aliphatic rings. The average molecular weight is 174 g/mol. The average Bonchev–Trinajstić information content (AvgIpc) is 1.97. The summed E-state index contributed by atoms with van der Waals surface area (Å²) in [5.74, 6) is 0. The lowest BCUT2D eigenvalue weighted by molar-refractivity contribution is 0.411. The minimum atomic E-state index is -1.26. The molecule has 0 aromatic rings. The third kappa shape index (κ3) is 7.65. The molecule has 0 heterocycles. The molecule has 0 spiro atoms. The van der Waals surface area contributed by atoms with Crippen LogP contribution in [-0.2, 0) is 0 Å². The van der Waals surface area contributed by atoms with Crippen molar-refractivity contribution in [3.8, 4) is 0 Å². The lowest BCUT2D eigenvalue weighted by Crippen LogP contribution is -2.07. The summed E-state index contributed by atoms with van der Waals surface area (Å²) in [6.45, 7) is 1.95. The maximum atomic E-state index is 8.43. The van der Waals surface area contributed by atoms with Gasteiger partial charge in [-0.25, -0.2) is 0 Å². The molecule has 62 valence electrons. The Kier molecular flexibility index (Phi) is 6.32. The van der Waals surface area contributed by atoms with E-state index >= 15 is 0 Å². The van der Waals surface area contributed by atoms with E-state index < -0.39 is 7.12 Å². The van der Waals surface area contributed by atoms with Gasteiger partial charge in [0.2, 0.25) is 0 Å². The lowest BCUT2D eigenvalue weighted by Gasteiger charge is -1.88. The van der Waals surface area contributed by atoms with E-state index in [1.165, 1.54) is 0 Å². The van der Waals surface area contributed by atoms with Gasteiger partial charge in [0.05, 0.1) is 0 Å². The van der Waals surface area contributed by atoms with Crippen LogP contribution in [0.1, 0.15) is 13.3 Å². The normalized spacial score (nSPS) is 12.5. The Balaban J connectivity index is 3.59. The molecular formula is C7H12BClO2. The van der Waals surface area contributed by atoms with Crippen LogP contribution < -0.4 is 0 Å². The molecule has 2 nitrogen and oxygen atoms in total. The number of hydrogen-bond acceptors (Lipinski definition) is 2. The van der Waals surface area contributed by atoms with E-state index in [0.717, 1.165) is 11.5 Å². The Labute approximate surface area is 72.3 Å². The predicted octanol–water partition coefficient (Wildman–Crippen LogP) is 1.55. The summed E-state index contributed by atoms with van der Waals surface area (Å²) in [4.78, 5) is 0. The van der Waals surface area contributed by atoms with Gasteiger partial charge in [0.15, 0.2) is 0 Å².